The summed E-state index contributed by atoms with van der Waals surface area (Å²) < 4.78 is 43.6. The molecule has 2 aromatic carbocycles. The van der Waals surface area contributed by atoms with Gasteiger partial charge in [0, 0.05) is 12.1 Å². The lowest BCUT2D eigenvalue weighted by Crippen LogP contribution is -2.41. The van der Waals surface area contributed by atoms with Crippen LogP contribution in [0.25, 0.3) is 11.1 Å². The number of hydrogen-bond acceptors (Lipinski definition) is 3. The molecule has 0 saturated carbocycles. The molecule has 1 aliphatic heterocycles. The van der Waals surface area contributed by atoms with Crippen molar-refractivity contribution >= 4 is 17.6 Å². The average Bonchev–Trinajstić information content (AvgIpc) is 2.61. The van der Waals surface area contributed by atoms with E-state index in [0.717, 1.165) is 23.3 Å². The minimum atomic E-state index is -4.38. The van der Waals surface area contributed by atoms with Crippen molar-refractivity contribution in [2.24, 2.45) is 0 Å². The maximum Gasteiger partial charge on any atom is 0.416 e. The number of anilines is 1. The second-order valence-corrected chi connectivity index (χ2v) is 7.98. The van der Waals surface area contributed by atoms with Gasteiger partial charge >= 0.3 is 12.1 Å². The molecule has 0 saturated heterocycles. The molecule has 0 spiro atoms. The van der Waals surface area contributed by atoms with E-state index in [4.69, 9.17) is 4.74 Å². The minimum absolute atomic E-state index is 0.161. The molecule has 1 aliphatic rings. The number of alkyl halides is 3. The first kappa shape index (κ1) is 20.9. The van der Waals surface area contributed by atoms with Crippen molar-refractivity contribution < 1.29 is 27.5 Å². The third-order valence-electron chi connectivity index (χ3n) is 4.53. The van der Waals surface area contributed by atoms with Crippen LogP contribution in [0, 0.1) is 0 Å². The summed E-state index contributed by atoms with van der Waals surface area (Å²) in [4.78, 5) is 25.9. The van der Waals surface area contributed by atoms with E-state index in [1.165, 1.54) is 17.0 Å². The number of fused-ring (bicyclic) bond motifs is 1. The van der Waals surface area contributed by atoms with Gasteiger partial charge in [-0.05, 0) is 68.1 Å². The van der Waals surface area contributed by atoms with Crippen LogP contribution in [0.1, 0.15) is 38.3 Å². The van der Waals surface area contributed by atoms with Gasteiger partial charge in [-0.3, -0.25) is 9.59 Å². The molecule has 1 heterocycles. The van der Waals surface area contributed by atoms with E-state index >= 15 is 0 Å². The number of amides is 1. The van der Waals surface area contributed by atoms with Crippen molar-refractivity contribution in [2.75, 3.05) is 11.4 Å². The number of carbonyl (C=O) groups is 2. The van der Waals surface area contributed by atoms with Crippen LogP contribution in [-0.4, -0.2) is 24.0 Å². The molecule has 0 atom stereocenters. The van der Waals surface area contributed by atoms with Gasteiger partial charge in [-0.2, -0.15) is 13.2 Å². The fraction of sp³-hybridized carbons (Fsp3) is 0.364. The first-order chi connectivity index (χ1) is 13.4. The van der Waals surface area contributed by atoms with E-state index in [0.29, 0.717) is 17.7 Å². The molecule has 0 fully saturated rings. The van der Waals surface area contributed by atoms with Crippen LogP contribution in [0.15, 0.2) is 42.5 Å². The summed E-state index contributed by atoms with van der Waals surface area (Å²) in [7, 11) is 0. The lowest BCUT2D eigenvalue weighted by atomic mass is 9.95. The number of carbonyl (C=O) groups excluding carboxylic acids is 2. The van der Waals surface area contributed by atoms with Gasteiger partial charge in [0.2, 0.25) is 5.91 Å². The van der Waals surface area contributed by atoms with Gasteiger partial charge in [-0.1, -0.05) is 18.2 Å². The molecule has 0 radical (unpaired) electrons. The molecule has 2 aromatic rings. The Balaban J connectivity index is 1.85. The molecule has 0 N–H and O–H groups in total. The quantitative estimate of drug-likeness (QED) is 0.676. The number of ether oxygens (including phenoxy) is 1. The zero-order chi connectivity index (χ0) is 21.4. The van der Waals surface area contributed by atoms with E-state index in [9.17, 15) is 22.8 Å². The fourth-order valence-electron chi connectivity index (χ4n) is 3.27. The molecule has 29 heavy (non-hydrogen) atoms. The van der Waals surface area contributed by atoms with E-state index in [2.05, 4.69) is 0 Å². The van der Waals surface area contributed by atoms with Crippen molar-refractivity contribution in [1.82, 2.24) is 0 Å². The molecule has 3 rings (SSSR count). The summed E-state index contributed by atoms with van der Waals surface area (Å²) in [6.07, 6.45) is -3.61. The average molecular weight is 405 g/mol. The molecule has 0 unspecified atom stereocenters. The van der Waals surface area contributed by atoms with E-state index in [-0.39, 0.29) is 18.9 Å². The second kappa shape index (κ2) is 7.54. The number of benzene rings is 2. The van der Waals surface area contributed by atoms with E-state index < -0.39 is 23.3 Å². The summed E-state index contributed by atoms with van der Waals surface area (Å²) in [6, 6.07) is 10.3. The van der Waals surface area contributed by atoms with Gasteiger partial charge in [0.25, 0.3) is 0 Å². The monoisotopic (exact) mass is 405 g/mol. The SMILES string of the molecule is CC(C)(C)OC(=O)CN1C(=O)CCc2cc(-c3ccc(C(F)(F)F)cc3)ccc21. The standard InChI is InChI=1S/C22H22F3NO3/c1-21(2,3)29-20(28)13-26-18-10-6-15(12-16(18)7-11-19(26)27)14-4-8-17(9-5-14)22(23,24)25/h4-6,8-10,12H,7,11,13H2,1-3H3. The fourth-order valence-corrected chi connectivity index (χ4v) is 3.27. The minimum Gasteiger partial charge on any atom is -0.459 e. The van der Waals surface area contributed by atoms with Crippen molar-refractivity contribution in [1.29, 1.82) is 0 Å². The Morgan fingerprint density at radius 1 is 1.00 bits per heavy atom. The predicted octanol–water partition coefficient (Wildman–Crippen LogP) is 4.99. The molecule has 154 valence electrons. The van der Waals surface area contributed by atoms with Crippen LogP contribution in [0.4, 0.5) is 18.9 Å². The summed E-state index contributed by atoms with van der Waals surface area (Å²) in [5.41, 5.74) is 1.55. The van der Waals surface area contributed by atoms with Crippen molar-refractivity contribution in [3.63, 3.8) is 0 Å². The smallest absolute Gasteiger partial charge is 0.416 e. The van der Waals surface area contributed by atoms with Gasteiger partial charge in [0.05, 0.1) is 5.56 Å². The molecule has 0 bridgehead atoms. The van der Waals surface area contributed by atoms with Crippen LogP contribution in [0.2, 0.25) is 0 Å². The maximum absolute atomic E-state index is 12.8. The first-order valence-corrected chi connectivity index (χ1v) is 9.27. The number of esters is 1. The third-order valence-corrected chi connectivity index (χ3v) is 4.53. The van der Waals surface area contributed by atoms with Gasteiger partial charge < -0.3 is 9.64 Å². The normalized spacial score (nSPS) is 14.6. The summed E-state index contributed by atoms with van der Waals surface area (Å²) in [5.74, 6) is -0.656. The highest BCUT2D eigenvalue weighted by Crippen LogP contribution is 2.34. The third kappa shape index (κ3) is 4.96. The number of nitrogens with zero attached hydrogens (tertiary/aromatic N) is 1. The van der Waals surface area contributed by atoms with Gasteiger partial charge in [0.1, 0.15) is 12.1 Å². The first-order valence-electron chi connectivity index (χ1n) is 9.27. The molecule has 7 heteroatoms. The van der Waals surface area contributed by atoms with Gasteiger partial charge in [0.15, 0.2) is 0 Å². The number of rotatable bonds is 3. The molecular weight excluding hydrogens is 383 g/mol. The lowest BCUT2D eigenvalue weighted by molar-refractivity contribution is -0.153. The molecular formula is C22H22F3NO3. The Labute approximate surface area is 167 Å². The largest absolute Gasteiger partial charge is 0.459 e. The van der Waals surface area contributed by atoms with Crippen molar-refractivity contribution in [3.8, 4) is 11.1 Å². The molecule has 0 aromatic heterocycles. The Morgan fingerprint density at radius 2 is 1.62 bits per heavy atom. The molecule has 0 aliphatic carbocycles. The van der Waals surface area contributed by atoms with Crippen LogP contribution >= 0.6 is 0 Å². The Hall–Kier alpha value is -2.83. The number of halogens is 3. The summed E-state index contributed by atoms with van der Waals surface area (Å²) >= 11 is 0. The molecule has 4 nitrogen and oxygen atoms in total. The predicted molar refractivity (Wildman–Crippen MR) is 103 cm³/mol. The van der Waals surface area contributed by atoms with Gasteiger partial charge in [-0.15, -0.1) is 0 Å². The van der Waals surface area contributed by atoms with Gasteiger partial charge in [-0.25, -0.2) is 0 Å². The van der Waals surface area contributed by atoms with Crippen molar-refractivity contribution in [3.05, 3.63) is 53.6 Å². The van der Waals surface area contributed by atoms with E-state index in [1.54, 1.807) is 32.9 Å². The van der Waals surface area contributed by atoms with Crippen LogP contribution < -0.4 is 4.90 Å². The Kier molecular flexibility index (Phi) is 5.43. The highest BCUT2D eigenvalue weighted by Gasteiger charge is 2.30. The Morgan fingerprint density at radius 3 is 2.21 bits per heavy atom. The Bertz CT molecular complexity index is 928. The van der Waals surface area contributed by atoms with Crippen LogP contribution in [-0.2, 0) is 26.9 Å². The highest BCUT2D eigenvalue weighted by molar-refractivity contribution is 6.00. The topological polar surface area (TPSA) is 46.6 Å². The zero-order valence-corrected chi connectivity index (χ0v) is 16.5. The van der Waals surface area contributed by atoms with Crippen molar-refractivity contribution in [2.45, 2.75) is 45.4 Å². The number of hydrogen-bond donors (Lipinski definition) is 0. The van der Waals surface area contributed by atoms with Crippen LogP contribution in [0.3, 0.4) is 0 Å². The summed E-state index contributed by atoms with van der Waals surface area (Å²) in [5, 5.41) is 0. The number of aryl methyl sites for hydroxylation is 1. The zero-order valence-electron chi connectivity index (χ0n) is 16.5. The maximum atomic E-state index is 12.8. The summed E-state index contributed by atoms with van der Waals surface area (Å²) in [6.45, 7) is 5.09. The lowest BCUT2D eigenvalue weighted by Gasteiger charge is -2.30. The van der Waals surface area contributed by atoms with E-state index in [1.807, 2.05) is 6.07 Å². The molecule has 1 amide bonds. The second-order valence-electron chi connectivity index (χ2n) is 7.98. The van der Waals surface area contributed by atoms with Crippen LogP contribution in [0.5, 0.6) is 0 Å². The highest BCUT2D eigenvalue weighted by atomic mass is 19.4.